The van der Waals surface area contributed by atoms with Crippen LogP contribution in [0.25, 0.3) is 0 Å². The number of nitrogens with one attached hydrogen (secondary N) is 2. The number of aromatic carboxylic acids is 1. The van der Waals surface area contributed by atoms with Gasteiger partial charge in [-0.25, -0.2) is 4.79 Å². The lowest BCUT2D eigenvalue weighted by Gasteiger charge is -2.23. The van der Waals surface area contributed by atoms with E-state index in [1.807, 2.05) is 20.8 Å². The van der Waals surface area contributed by atoms with Gasteiger partial charge in [0.15, 0.2) is 0 Å². The number of phenols is 2. The molecule has 0 saturated heterocycles. The number of carbonyl (C=O) groups is 1. The third-order valence-electron chi connectivity index (χ3n) is 4.01. The van der Waals surface area contributed by atoms with Crippen molar-refractivity contribution in [1.82, 2.24) is 5.32 Å². The van der Waals surface area contributed by atoms with Gasteiger partial charge in [0.2, 0.25) is 0 Å². The van der Waals surface area contributed by atoms with Gasteiger partial charge in [-0.1, -0.05) is 12.1 Å². The molecule has 0 fully saturated rings. The molecule has 7 nitrogen and oxygen atoms in total. The fourth-order valence-electron chi connectivity index (χ4n) is 2.48. The second kappa shape index (κ2) is 8.28. The first-order valence-corrected chi connectivity index (χ1v) is 8.62. The lowest BCUT2D eigenvalue weighted by atomic mass is 10.0. The molecule has 6 N–H and O–H groups in total. The first kappa shape index (κ1) is 20.5. The zero-order valence-electron chi connectivity index (χ0n) is 15.7. The highest BCUT2D eigenvalue weighted by Crippen LogP contribution is 2.28. The Morgan fingerprint density at radius 2 is 1.74 bits per heavy atom. The highest BCUT2D eigenvalue weighted by molar-refractivity contribution is 5.90. The summed E-state index contributed by atoms with van der Waals surface area (Å²) in [6.07, 6.45) is -0.738. The molecule has 146 valence electrons. The van der Waals surface area contributed by atoms with Gasteiger partial charge in [0.25, 0.3) is 0 Å². The molecule has 2 aromatic carbocycles. The summed E-state index contributed by atoms with van der Waals surface area (Å²) < 4.78 is 0. The molecule has 0 spiro atoms. The summed E-state index contributed by atoms with van der Waals surface area (Å²) in [4.78, 5) is 11.1. The molecule has 0 bridgehead atoms. The Balaban J connectivity index is 2.10. The molecule has 0 aliphatic rings. The summed E-state index contributed by atoms with van der Waals surface area (Å²) in [6, 6.07) is 9.09. The van der Waals surface area contributed by atoms with E-state index >= 15 is 0 Å². The summed E-state index contributed by atoms with van der Waals surface area (Å²) in [6.45, 7) is 6.63. The fraction of sp³-hybridized carbons (Fsp3) is 0.350. The number of hydrogen-bond acceptors (Lipinski definition) is 6. The summed E-state index contributed by atoms with van der Waals surface area (Å²) in [5, 5.41) is 45.3. The van der Waals surface area contributed by atoms with Gasteiger partial charge in [0, 0.05) is 18.6 Å². The van der Waals surface area contributed by atoms with Crippen LogP contribution in [0.4, 0.5) is 5.69 Å². The van der Waals surface area contributed by atoms with Crippen LogP contribution in [0.15, 0.2) is 36.4 Å². The molecule has 0 aromatic heterocycles. The maximum atomic E-state index is 11.1. The Bertz CT molecular complexity index is 815. The maximum Gasteiger partial charge on any atom is 0.339 e. The van der Waals surface area contributed by atoms with Gasteiger partial charge < -0.3 is 31.1 Å². The van der Waals surface area contributed by atoms with E-state index in [1.54, 1.807) is 18.2 Å². The van der Waals surface area contributed by atoms with Gasteiger partial charge >= 0.3 is 5.97 Å². The Morgan fingerprint density at radius 3 is 2.37 bits per heavy atom. The second-order valence-corrected chi connectivity index (χ2v) is 7.43. The first-order chi connectivity index (χ1) is 12.6. The predicted molar refractivity (Wildman–Crippen MR) is 103 cm³/mol. The summed E-state index contributed by atoms with van der Waals surface area (Å²) in [5.74, 6) is -1.49. The number of aromatic hydroxyl groups is 2. The quantitative estimate of drug-likeness (QED) is 0.412. The van der Waals surface area contributed by atoms with Gasteiger partial charge in [0.1, 0.15) is 17.1 Å². The largest absolute Gasteiger partial charge is 0.507 e. The predicted octanol–water partition coefficient (Wildman–Crippen LogP) is 2.83. The van der Waals surface area contributed by atoms with Crippen molar-refractivity contribution in [1.29, 1.82) is 0 Å². The standard InChI is InChI=1S/C20H26N2O5/c1-20(2,3)22-11-18(25)13-5-7-17(24)15(9-13)21-10-12-4-6-16(23)14(8-12)19(26)27/h4-9,18,21-25H,10-11H2,1-3H3,(H,26,27). The Labute approximate surface area is 158 Å². The first-order valence-electron chi connectivity index (χ1n) is 8.62. The van der Waals surface area contributed by atoms with Crippen LogP contribution >= 0.6 is 0 Å². The molecule has 0 saturated carbocycles. The monoisotopic (exact) mass is 374 g/mol. The van der Waals surface area contributed by atoms with E-state index in [0.29, 0.717) is 23.4 Å². The number of benzene rings is 2. The third-order valence-corrected chi connectivity index (χ3v) is 4.01. The number of aliphatic hydroxyl groups excluding tert-OH is 1. The molecule has 0 aliphatic carbocycles. The fourth-order valence-corrected chi connectivity index (χ4v) is 2.48. The molecule has 1 atom stereocenters. The van der Waals surface area contributed by atoms with E-state index in [0.717, 1.165) is 0 Å². The van der Waals surface area contributed by atoms with Crippen molar-refractivity contribution >= 4 is 11.7 Å². The van der Waals surface area contributed by atoms with Crippen LogP contribution in [0.1, 0.15) is 48.4 Å². The average Bonchev–Trinajstić information content (AvgIpc) is 2.59. The molecule has 0 aliphatic heterocycles. The van der Waals surface area contributed by atoms with E-state index in [1.165, 1.54) is 18.2 Å². The summed E-state index contributed by atoms with van der Waals surface area (Å²) in [7, 11) is 0. The highest BCUT2D eigenvalue weighted by Gasteiger charge is 2.15. The highest BCUT2D eigenvalue weighted by atomic mass is 16.4. The molecule has 2 rings (SSSR count). The average molecular weight is 374 g/mol. The lowest BCUT2D eigenvalue weighted by Crippen LogP contribution is -2.38. The van der Waals surface area contributed by atoms with Crippen LogP contribution in [0, 0.1) is 0 Å². The van der Waals surface area contributed by atoms with Crippen LogP contribution < -0.4 is 10.6 Å². The summed E-state index contributed by atoms with van der Waals surface area (Å²) >= 11 is 0. The van der Waals surface area contributed by atoms with E-state index < -0.39 is 12.1 Å². The normalized spacial score (nSPS) is 12.6. The van der Waals surface area contributed by atoms with Crippen molar-refractivity contribution in [2.75, 3.05) is 11.9 Å². The number of β-amino-alcohol motifs (C(OH)–C–C–N with tert-alkyl or cyclic N) is 1. The molecule has 0 amide bonds. The van der Waals surface area contributed by atoms with Gasteiger partial charge in [0.05, 0.1) is 11.8 Å². The maximum absolute atomic E-state index is 11.1. The third kappa shape index (κ3) is 5.87. The Hall–Kier alpha value is -2.77. The van der Waals surface area contributed by atoms with Crippen molar-refractivity contribution in [3.05, 3.63) is 53.1 Å². The zero-order valence-corrected chi connectivity index (χ0v) is 15.7. The number of aliphatic hydroxyl groups is 1. The van der Waals surface area contributed by atoms with Crippen LogP contribution in [-0.2, 0) is 6.54 Å². The van der Waals surface area contributed by atoms with Crippen molar-refractivity contribution < 1.29 is 25.2 Å². The van der Waals surface area contributed by atoms with Crippen molar-refractivity contribution in [3.8, 4) is 11.5 Å². The van der Waals surface area contributed by atoms with E-state index in [-0.39, 0.29) is 29.1 Å². The van der Waals surface area contributed by atoms with Crippen LogP contribution in [-0.4, -0.2) is 38.5 Å². The molecule has 2 aromatic rings. The number of phenolic OH excluding ortho intramolecular Hbond substituents is 1. The van der Waals surface area contributed by atoms with Crippen molar-refractivity contribution in [2.24, 2.45) is 0 Å². The second-order valence-electron chi connectivity index (χ2n) is 7.43. The molecule has 0 radical (unpaired) electrons. The molecular weight excluding hydrogens is 348 g/mol. The summed E-state index contributed by atoms with van der Waals surface area (Å²) in [5.41, 5.74) is 1.39. The van der Waals surface area contributed by atoms with Gasteiger partial charge in [-0.15, -0.1) is 0 Å². The van der Waals surface area contributed by atoms with Crippen LogP contribution in [0.2, 0.25) is 0 Å². The molecule has 27 heavy (non-hydrogen) atoms. The van der Waals surface area contributed by atoms with Gasteiger partial charge in [-0.05, 0) is 56.2 Å². The smallest absolute Gasteiger partial charge is 0.339 e. The van der Waals surface area contributed by atoms with Crippen LogP contribution in [0.3, 0.4) is 0 Å². The van der Waals surface area contributed by atoms with Crippen LogP contribution in [0.5, 0.6) is 11.5 Å². The van der Waals surface area contributed by atoms with Gasteiger partial charge in [-0.2, -0.15) is 0 Å². The number of hydrogen-bond donors (Lipinski definition) is 6. The number of carboxylic acids is 1. The van der Waals surface area contributed by atoms with E-state index in [9.17, 15) is 20.1 Å². The topological polar surface area (TPSA) is 122 Å². The minimum absolute atomic E-state index is 0.0203. The molecular formula is C20H26N2O5. The number of carboxylic acid groups (broad SMARTS) is 1. The van der Waals surface area contributed by atoms with E-state index in [2.05, 4.69) is 10.6 Å². The van der Waals surface area contributed by atoms with Crippen molar-refractivity contribution in [2.45, 2.75) is 39.0 Å². The van der Waals surface area contributed by atoms with Crippen molar-refractivity contribution in [3.63, 3.8) is 0 Å². The zero-order chi connectivity index (χ0) is 20.2. The molecule has 7 heteroatoms. The molecule has 0 heterocycles. The minimum Gasteiger partial charge on any atom is -0.507 e. The Morgan fingerprint density at radius 1 is 1.07 bits per heavy atom. The number of anilines is 1. The SMILES string of the molecule is CC(C)(C)NCC(O)c1ccc(O)c(NCc2ccc(O)c(C(=O)O)c2)c1. The number of rotatable bonds is 7. The minimum atomic E-state index is -1.21. The molecule has 1 unspecified atom stereocenters. The van der Waals surface area contributed by atoms with Gasteiger partial charge in [-0.3, -0.25) is 0 Å². The Kier molecular flexibility index (Phi) is 6.30. The van der Waals surface area contributed by atoms with E-state index in [4.69, 9.17) is 5.11 Å². The lowest BCUT2D eigenvalue weighted by molar-refractivity contribution is 0.0693.